The number of carbonyl (C=O) groups excluding carboxylic acids is 2. The first-order valence-corrected chi connectivity index (χ1v) is 7.59. The quantitative estimate of drug-likeness (QED) is 0.855. The van der Waals surface area contributed by atoms with Crippen molar-refractivity contribution in [2.24, 2.45) is 0 Å². The van der Waals surface area contributed by atoms with Crippen LogP contribution in [0, 0.1) is 20.8 Å². The van der Waals surface area contributed by atoms with Gasteiger partial charge in [0, 0.05) is 0 Å². The number of hydrogen-bond donors (Lipinski definition) is 1. The van der Waals surface area contributed by atoms with Gasteiger partial charge in [-0.25, -0.2) is 4.79 Å². The Morgan fingerprint density at radius 3 is 2.42 bits per heavy atom. The van der Waals surface area contributed by atoms with E-state index in [-0.39, 0.29) is 6.61 Å². The first-order chi connectivity index (χ1) is 11.4. The molecule has 5 heteroatoms. The largest absolute Gasteiger partial charge is 0.495 e. The van der Waals surface area contributed by atoms with Crippen molar-refractivity contribution in [1.29, 1.82) is 0 Å². The molecule has 2 aromatic rings. The monoisotopic (exact) mass is 327 g/mol. The Labute approximate surface area is 141 Å². The van der Waals surface area contributed by atoms with E-state index < -0.39 is 11.9 Å². The topological polar surface area (TPSA) is 64.6 Å². The maximum Gasteiger partial charge on any atom is 0.338 e. The molecule has 1 N–H and O–H groups in total. The van der Waals surface area contributed by atoms with Crippen LogP contribution < -0.4 is 10.1 Å². The number of amides is 1. The predicted octanol–water partition coefficient (Wildman–Crippen LogP) is 3.42. The second kappa shape index (κ2) is 7.64. The van der Waals surface area contributed by atoms with Crippen molar-refractivity contribution in [2.75, 3.05) is 19.0 Å². The second-order valence-electron chi connectivity index (χ2n) is 5.63. The maximum atomic E-state index is 12.0. The lowest BCUT2D eigenvalue weighted by Crippen LogP contribution is -2.21. The normalized spacial score (nSPS) is 10.2. The molecule has 126 valence electrons. The summed E-state index contributed by atoms with van der Waals surface area (Å²) >= 11 is 0. The summed E-state index contributed by atoms with van der Waals surface area (Å²) in [5.41, 5.74) is 4.05. The number of benzene rings is 2. The molecule has 24 heavy (non-hydrogen) atoms. The molecular formula is C19H21NO4. The Bertz CT molecular complexity index is 768. The fourth-order valence-corrected chi connectivity index (χ4v) is 2.19. The number of ether oxygens (including phenoxy) is 2. The van der Waals surface area contributed by atoms with Crippen LogP contribution in [-0.4, -0.2) is 25.6 Å². The molecule has 2 aromatic carbocycles. The minimum absolute atomic E-state index is 0.358. The number of esters is 1. The van der Waals surface area contributed by atoms with Crippen LogP contribution in [0.25, 0.3) is 0 Å². The third-order valence-corrected chi connectivity index (χ3v) is 3.71. The highest BCUT2D eigenvalue weighted by molar-refractivity contribution is 5.96. The fourth-order valence-electron chi connectivity index (χ4n) is 2.19. The van der Waals surface area contributed by atoms with E-state index in [1.165, 1.54) is 7.11 Å². The van der Waals surface area contributed by atoms with Gasteiger partial charge in [0.25, 0.3) is 5.91 Å². The van der Waals surface area contributed by atoms with Crippen molar-refractivity contribution < 1.29 is 19.1 Å². The number of rotatable bonds is 5. The summed E-state index contributed by atoms with van der Waals surface area (Å²) in [7, 11) is 1.53. The van der Waals surface area contributed by atoms with E-state index in [9.17, 15) is 9.59 Å². The molecule has 0 aliphatic rings. The van der Waals surface area contributed by atoms with Gasteiger partial charge in [0.1, 0.15) is 5.75 Å². The van der Waals surface area contributed by atoms with Gasteiger partial charge in [0.15, 0.2) is 6.61 Å². The highest BCUT2D eigenvalue weighted by Gasteiger charge is 2.13. The molecule has 0 aliphatic heterocycles. The van der Waals surface area contributed by atoms with E-state index >= 15 is 0 Å². The number of anilines is 1. The van der Waals surface area contributed by atoms with Crippen LogP contribution >= 0.6 is 0 Å². The molecule has 2 rings (SSSR count). The summed E-state index contributed by atoms with van der Waals surface area (Å²) in [6.07, 6.45) is 0. The average Bonchev–Trinajstić information content (AvgIpc) is 2.55. The minimum atomic E-state index is -0.524. The van der Waals surface area contributed by atoms with Crippen molar-refractivity contribution >= 4 is 17.6 Å². The Balaban J connectivity index is 1.97. The minimum Gasteiger partial charge on any atom is -0.495 e. The maximum absolute atomic E-state index is 12.0. The number of carbonyl (C=O) groups is 2. The van der Waals surface area contributed by atoms with Gasteiger partial charge in [0.2, 0.25) is 0 Å². The van der Waals surface area contributed by atoms with Crippen LogP contribution in [0.2, 0.25) is 0 Å². The second-order valence-corrected chi connectivity index (χ2v) is 5.63. The highest BCUT2D eigenvalue weighted by atomic mass is 16.5. The summed E-state index contributed by atoms with van der Waals surface area (Å²) in [6, 6.07) is 10.7. The third-order valence-electron chi connectivity index (χ3n) is 3.71. The number of methoxy groups -OCH3 is 1. The molecular weight excluding hydrogens is 306 g/mol. The van der Waals surface area contributed by atoms with E-state index in [2.05, 4.69) is 5.32 Å². The molecule has 0 aliphatic carbocycles. The first-order valence-electron chi connectivity index (χ1n) is 7.59. The number of aryl methyl sites for hydroxylation is 3. The number of nitrogens with one attached hydrogen (secondary N) is 1. The van der Waals surface area contributed by atoms with Gasteiger partial charge in [0.05, 0.1) is 18.4 Å². The first kappa shape index (κ1) is 17.5. The van der Waals surface area contributed by atoms with E-state index in [1.807, 2.05) is 32.9 Å². The van der Waals surface area contributed by atoms with Crippen LogP contribution in [0.3, 0.4) is 0 Å². The standard InChI is InChI=1S/C19H21NO4/c1-12-5-8-17(23-4)16(9-12)20-18(21)11-24-19(22)15-7-6-13(2)14(3)10-15/h5-10H,11H2,1-4H3,(H,20,21). The van der Waals surface area contributed by atoms with Crippen LogP contribution in [0.4, 0.5) is 5.69 Å². The number of hydrogen-bond acceptors (Lipinski definition) is 4. The van der Waals surface area contributed by atoms with Crippen molar-refractivity contribution in [3.63, 3.8) is 0 Å². The van der Waals surface area contributed by atoms with Gasteiger partial charge in [-0.2, -0.15) is 0 Å². The smallest absolute Gasteiger partial charge is 0.338 e. The van der Waals surface area contributed by atoms with Crippen LogP contribution in [0.15, 0.2) is 36.4 Å². The summed E-state index contributed by atoms with van der Waals surface area (Å²) < 4.78 is 10.3. The lowest BCUT2D eigenvalue weighted by Gasteiger charge is -2.11. The summed E-state index contributed by atoms with van der Waals surface area (Å²) in [5, 5.41) is 2.69. The SMILES string of the molecule is COc1ccc(C)cc1NC(=O)COC(=O)c1ccc(C)c(C)c1. The third kappa shape index (κ3) is 4.35. The molecule has 0 heterocycles. The zero-order valence-corrected chi connectivity index (χ0v) is 14.3. The Morgan fingerprint density at radius 1 is 1.00 bits per heavy atom. The average molecular weight is 327 g/mol. The van der Waals surface area contributed by atoms with Gasteiger partial charge >= 0.3 is 5.97 Å². The van der Waals surface area contributed by atoms with E-state index in [0.29, 0.717) is 17.0 Å². The summed E-state index contributed by atoms with van der Waals surface area (Å²) in [4.78, 5) is 24.0. The molecule has 0 saturated carbocycles. The highest BCUT2D eigenvalue weighted by Crippen LogP contribution is 2.25. The zero-order valence-electron chi connectivity index (χ0n) is 14.3. The summed E-state index contributed by atoms with van der Waals surface area (Å²) in [6.45, 7) is 5.44. The molecule has 5 nitrogen and oxygen atoms in total. The van der Waals surface area contributed by atoms with Crippen molar-refractivity contribution in [1.82, 2.24) is 0 Å². The molecule has 0 fully saturated rings. The van der Waals surface area contributed by atoms with E-state index in [0.717, 1.165) is 16.7 Å². The zero-order chi connectivity index (χ0) is 17.7. The molecule has 0 aromatic heterocycles. The molecule has 0 radical (unpaired) electrons. The lowest BCUT2D eigenvalue weighted by molar-refractivity contribution is -0.119. The fraction of sp³-hybridized carbons (Fsp3) is 0.263. The van der Waals surface area contributed by atoms with Gasteiger partial charge in [-0.15, -0.1) is 0 Å². The molecule has 0 spiro atoms. The van der Waals surface area contributed by atoms with Crippen molar-refractivity contribution in [3.05, 3.63) is 58.7 Å². The van der Waals surface area contributed by atoms with Gasteiger partial charge in [-0.3, -0.25) is 4.79 Å². The predicted molar refractivity (Wildman–Crippen MR) is 92.6 cm³/mol. The van der Waals surface area contributed by atoms with Crippen molar-refractivity contribution in [3.8, 4) is 5.75 Å². The molecule has 0 atom stereocenters. The van der Waals surface area contributed by atoms with E-state index in [4.69, 9.17) is 9.47 Å². The van der Waals surface area contributed by atoms with Crippen LogP contribution in [0.1, 0.15) is 27.0 Å². The van der Waals surface area contributed by atoms with Crippen molar-refractivity contribution in [2.45, 2.75) is 20.8 Å². The van der Waals surface area contributed by atoms with E-state index in [1.54, 1.807) is 24.3 Å². The Kier molecular flexibility index (Phi) is 5.58. The summed E-state index contributed by atoms with van der Waals surface area (Å²) in [5.74, 6) is -0.394. The molecule has 0 saturated heterocycles. The molecule has 0 bridgehead atoms. The lowest BCUT2D eigenvalue weighted by atomic mass is 10.1. The van der Waals surface area contributed by atoms with Crippen LogP contribution in [0.5, 0.6) is 5.75 Å². The van der Waals surface area contributed by atoms with Crippen LogP contribution in [-0.2, 0) is 9.53 Å². The van der Waals surface area contributed by atoms with Gasteiger partial charge in [-0.05, 0) is 61.7 Å². The van der Waals surface area contributed by atoms with Gasteiger partial charge in [-0.1, -0.05) is 12.1 Å². The molecule has 1 amide bonds. The van der Waals surface area contributed by atoms with Gasteiger partial charge < -0.3 is 14.8 Å². The molecule has 0 unspecified atom stereocenters. The Morgan fingerprint density at radius 2 is 1.75 bits per heavy atom. The Hall–Kier alpha value is -2.82.